The molecule has 2 amide bonds. The molecule has 2 heterocycles. The van der Waals surface area contributed by atoms with E-state index in [4.69, 9.17) is 16.9 Å². The Labute approximate surface area is 185 Å². The van der Waals surface area contributed by atoms with Gasteiger partial charge in [0.25, 0.3) is 5.91 Å². The Morgan fingerprint density at radius 3 is 2.69 bits per heavy atom. The number of carbonyl (C=O) groups excluding carboxylic acids is 2. The minimum atomic E-state index is -0.662. The first-order valence-corrected chi connectivity index (χ1v) is 10.7. The summed E-state index contributed by atoms with van der Waals surface area (Å²) in [7, 11) is 0. The number of nitrogens with zero attached hydrogens (tertiary/aromatic N) is 3. The molecule has 3 N–H and O–H groups in total. The topological polar surface area (TPSA) is 102 Å². The predicted octanol–water partition coefficient (Wildman–Crippen LogP) is 3.30. The fraction of sp³-hybridized carbons (Fsp3) is 0.435. The van der Waals surface area contributed by atoms with Crippen molar-refractivity contribution in [3.8, 4) is 12.3 Å². The van der Waals surface area contributed by atoms with Crippen molar-refractivity contribution < 1.29 is 18.7 Å². The number of rotatable bonds is 7. The van der Waals surface area contributed by atoms with E-state index < -0.39 is 5.91 Å². The number of nitrogens with two attached hydrogens (primary N) is 1. The third-order valence-electron chi connectivity index (χ3n) is 5.95. The van der Waals surface area contributed by atoms with E-state index in [0.717, 1.165) is 6.42 Å². The Bertz CT molecular complexity index is 1030. The molecule has 1 saturated carbocycles. The van der Waals surface area contributed by atoms with E-state index in [2.05, 4.69) is 16.3 Å². The van der Waals surface area contributed by atoms with Crippen molar-refractivity contribution >= 4 is 23.5 Å². The summed E-state index contributed by atoms with van der Waals surface area (Å²) >= 11 is 0. The van der Waals surface area contributed by atoms with Crippen LogP contribution in [0.3, 0.4) is 0 Å². The lowest BCUT2D eigenvalue weighted by atomic mass is 9.92. The summed E-state index contributed by atoms with van der Waals surface area (Å²) < 4.78 is 20.2. The second kappa shape index (κ2) is 9.30. The first kappa shape index (κ1) is 21.7. The Morgan fingerprint density at radius 1 is 1.28 bits per heavy atom. The maximum atomic E-state index is 13.2. The number of likely N-dealkylation sites (tertiary alicyclic amines) is 1. The maximum absolute atomic E-state index is 13.2. The van der Waals surface area contributed by atoms with Gasteiger partial charge in [-0.25, -0.2) is 9.18 Å². The molecule has 32 heavy (non-hydrogen) atoms. The van der Waals surface area contributed by atoms with E-state index in [9.17, 15) is 14.0 Å². The van der Waals surface area contributed by atoms with Crippen LogP contribution in [0.25, 0.3) is 0 Å². The van der Waals surface area contributed by atoms with Gasteiger partial charge in [-0.05, 0) is 43.0 Å². The van der Waals surface area contributed by atoms with Gasteiger partial charge >= 0.3 is 6.09 Å². The molecule has 0 radical (unpaired) electrons. The van der Waals surface area contributed by atoms with Crippen molar-refractivity contribution in [2.45, 2.75) is 31.7 Å². The quantitative estimate of drug-likeness (QED) is 0.645. The van der Waals surface area contributed by atoms with Crippen LogP contribution in [0, 0.1) is 30.0 Å². The molecule has 2 atom stereocenters. The Kier molecular flexibility index (Phi) is 6.30. The van der Waals surface area contributed by atoms with Gasteiger partial charge < -0.3 is 20.7 Å². The van der Waals surface area contributed by atoms with Gasteiger partial charge in [-0.1, -0.05) is 12.8 Å². The van der Waals surface area contributed by atoms with E-state index in [1.807, 2.05) is 0 Å². The number of amides is 2. The third-order valence-corrected chi connectivity index (χ3v) is 5.95. The maximum Gasteiger partial charge on any atom is 0.409 e. The van der Waals surface area contributed by atoms with Crippen molar-refractivity contribution in [1.82, 2.24) is 14.7 Å². The second-order valence-corrected chi connectivity index (χ2v) is 8.29. The predicted molar refractivity (Wildman–Crippen MR) is 117 cm³/mol. The number of ether oxygens (including phenoxy) is 1. The van der Waals surface area contributed by atoms with Gasteiger partial charge in [-0.3, -0.25) is 9.48 Å². The lowest BCUT2D eigenvalue weighted by molar-refractivity contribution is 0.0748. The average Bonchev–Trinajstić information content (AvgIpc) is 3.51. The van der Waals surface area contributed by atoms with Crippen molar-refractivity contribution in [2.75, 3.05) is 25.0 Å². The lowest BCUT2D eigenvalue weighted by Gasteiger charge is -2.35. The number of primary amides is 1. The summed E-state index contributed by atoms with van der Waals surface area (Å²) in [4.78, 5) is 26.2. The van der Waals surface area contributed by atoms with E-state index in [-0.39, 0.29) is 35.3 Å². The van der Waals surface area contributed by atoms with Gasteiger partial charge in [0.1, 0.15) is 11.4 Å². The number of anilines is 2. The third kappa shape index (κ3) is 5.02. The number of nitrogens with one attached hydrogen (secondary N) is 1. The smallest absolute Gasteiger partial charge is 0.409 e. The standard InChI is InChI=1S/C23H26FN5O3/c1-2-16-9-11-28(23(31)32-12-10-15-3-4-15)14-20(16)29-13-19(21(25)30)22(27-29)26-18-7-5-17(24)6-8-18/h1,5-8,13,15-16,20H,3-4,9-12,14H2,(H2,25,30)(H,26,27)/t16-,20-/m1/s1. The molecule has 0 bridgehead atoms. The fourth-order valence-corrected chi connectivity index (χ4v) is 3.87. The summed E-state index contributed by atoms with van der Waals surface area (Å²) in [6, 6.07) is 5.32. The lowest BCUT2D eigenvalue weighted by Crippen LogP contribution is -2.44. The molecule has 2 aromatic rings. The summed E-state index contributed by atoms with van der Waals surface area (Å²) in [5.41, 5.74) is 6.27. The van der Waals surface area contributed by atoms with Gasteiger partial charge in [0.15, 0.2) is 5.82 Å². The minimum absolute atomic E-state index is 0.175. The normalized spacial score (nSPS) is 20.4. The minimum Gasteiger partial charge on any atom is -0.449 e. The molecular formula is C23H26FN5O3. The van der Waals surface area contributed by atoms with Crippen molar-refractivity contribution in [3.63, 3.8) is 0 Å². The SMILES string of the molecule is C#C[C@@H]1CCN(C(=O)OCCC2CC2)C[C@H]1n1cc(C(N)=O)c(Nc2ccc(F)cc2)n1. The number of halogens is 1. The number of benzene rings is 1. The monoisotopic (exact) mass is 439 g/mol. The van der Waals surface area contributed by atoms with Crippen LogP contribution in [0.4, 0.5) is 20.7 Å². The van der Waals surface area contributed by atoms with Crippen LogP contribution in [-0.4, -0.2) is 46.4 Å². The number of carbonyl (C=O) groups is 2. The Hall–Kier alpha value is -3.54. The van der Waals surface area contributed by atoms with Crippen molar-refractivity contribution in [3.05, 3.63) is 41.8 Å². The molecule has 9 heteroatoms. The molecule has 1 saturated heterocycles. The molecular weight excluding hydrogens is 413 g/mol. The molecule has 1 aliphatic carbocycles. The number of piperidine rings is 1. The summed E-state index contributed by atoms with van der Waals surface area (Å²) in [5.74, 6) is 2.49. The highest BCUT2D eigenvalue weighted by atomic mass is 19.1. The molecule has 168 valence electrons. The molecule has 8 nitrogen and oxygen atoms in total. The highest BCUT2D eigenvalue weighted by Crippen LogP contribution is 2.33. The molecule has 0 unspecified atom stereocenters. The molecule has 2 aliphatic rings. The van der Waals surface area contributed by atoms with E-state index in [0.29, 0.717) is 37.7 Å². The zero-order valence-corrected chi connectivity index (χ0v) is 17.7. The van der Waals surface area contributed by atoms with E-state index >= 15 is 0 Å². The number of hydrogen-bond acceptors (Lipinski definition) is 5. The Morgan fingerprint density at radius 2 is 2.03 bits per heavy atom. The molecule has 2 fully saturated rings. The molecule has 1 aromatic carbocycles. The van der Waals surface area contributed by atoms with E-state index in [1.165, 1.54) is 43.3 Å². The van der Waals surface area contributed by atoms with Crippen LogP contribution in [0.15, 0.2) is 30.5 Å². The first-order chi connectivity index (χ1) is 15.4. The number of terminal acetylenes is 1. The summed E-state index contributed by atoms with van der Waals surface area (Å²) in [5, 5.41) is 7.49. The van der Waals surface area contributed by atoms with Gasteiger partial charge in [-0.15, -0.1) is 12.3 Å². The zero-order valence-electron chi connectivity index (χ0n) is 17.7. The Balaban J connectivity index is 1.51. The largest absolute Gasteiger partial charge is 0.449 e. The average molecular weight is 439 g/mol. The highest BCUT2D eigenvalue weighted by molar-refractivity contribution is 5.98. The second-order valence-electron chi connectivity index (χ2n) is 8.29. The molecule has 1 aliphatic heterocycles. The van der Waals surface area contributed by atoms with Crippen LogP contribution in [0.2, 0.25) is 0 Å². The fourth-order valence-electron chi connectivity index (χ4n) is 3.87. The molecule has 4 rings (SSSR count). The van der Waals surface area contributed by atoms with E-state index in [1.54, 1.807) is 9.58 Å². The van der Waals surface area contributed by atoms with Crippen LogP contribution in [0.1, 0.15) is 42.1 Å². The van der Waals surface area contributed by atoms with Crippen LogP contribution in [-0.2, 0) is 4.74 Å². The summed E-state index contributed by atoms with van der Waals surface area (Å²) in [6.45, 7) is 1.23. The van der Waals surface area contributed by atoms with Crippen LogP contribution in [0.5, 0.6) is 0 Å². The van der Waals surface area contributed by atoms with Crippen molar-refractivity contribution in [1.29, 1.82) is 0 Å². The number of hydrogen-bond donors (Lipinski definition) is 2. The summed E-state index contributed by atoms with van der Waals surface area (Å²) in [6.07, 6.45) is 10.8. The van der Waals surface area contributed by atoms with Crippen LogP contribution >= 0.6 is 0 Å². The zero-order chi connectivity index (χ0) is 22.7. The van der Waals surface area contributed by atoms with Gasteiger partial charge in [-0.2, -0.15) is 5.10 Å². The highest BCUT2D eigenvalue weighted by Gasteiger charge is 2.34. The van der Waals surface area contributed by atoms with Gasteiger partial charge in [0, 0.05) is 30.9 Å². The first-order valence-electron chi connectivity index (χ1n) is 10.7. The number of aromatic nitrogens is 2. The van der Waals surface area contributed by atoms with Gasteiger partial charge in [0.05, 0.1) is 12.6 Å². The van der Waals surface area contributed by atoms with Crippen molar-refractivity contribution in [2.24, 2.45) is 17.6 Å². The molecule has 1 aromatic heterocycles. The molecule has 0 spiro atoms. The van der Waals surface area contributed by atoms with Gasteiger partial charge in [0.2, 0.25) is 0 Å². The van der Waals surface area contributed by atoms with Crippen LogP contribution < -0.4 is 11.1 Å².